The van der Waals surface area contributed by atoms with Gasteiger partial charge in [0.25, 0.3) is 5.91 Å². The second kappa shape index (κ2) is 10.1. The molecule has 5 N–H and O–H groups in total. The minimum absolute atomic E-state index is 0.0209. The molecule has 39 heavy (non-hydrogen) atoms. The van der Waals surface area contributed by atoms with Crippen molar-refractivity contribution in [2.75, 3.05) is 13.2 Å². The SMILES string of the molecule is CCCC1O[C@@H]2C[C@H]3[C@@H]4CCC5=CC(=O)C=C[C@]5(C)[C@H]4[C@@H](O)C[C@]3(C)[C@]2(C(=O)COC(=O)NCC(=O)NN)O1. The molecule has 0 aromatic rings. The number of hydrogen-bond donors (Lipinski definition) is 4. The highest BCUT2D eigenvalue weighted by Gasteiger charge is 2.75. The lowest BCUT2D eigenvalue weighted by Gasteiger charge is -2.59. The molecule has 11 heteroatoms. The van der Waals surface area contributed by atoms with Gasteiger partial charge < -0.3 is 24.6 Å². The predicted octanol–water partition coefficient (Wildman–Crippen LogP) is 1.44. The Bertz CT molecular complexity index is 1120. The van der Waals surface area contributed by atoms with E-state index in [0.717, 1.165) is 24.8 Å². The summed E-state index contributed by atoms with van der Waals surface area (Å²) in [6, 6.07) is 0. The number of ketones is 2. The standard InChI is InChI=1S/C28H39N3O8/c1-4-5-23-38-21-11-18-17-7-6-15-10-16(32)8-9-26(15,2)24(17)19(33)12-27(18,3)28(21,39-23)20(34)14-37-25(36)30-13-22(35)31-29/h8-10,17-19,21,23-24,33H,4-7,11-14,29H2,1-3H3,(H,30,36)(H,31,35)/t17-,18-,19-,21+,23?,24+,26-,27-,28+/m0/s1. The quantitative estimate of drug-likeness (QED) is 0.210. The fraction of sp³-hybridized carbons (Fsp3) is 0.714. The largest absolute Gasteiger partial charge is 0.441 e. The molecule has 0 aromatic heterocycles. The maximum atomic E-state index is 14.0. The Labute approximate surface area is 227 Å². The number of allylic oxidation sites excluding steroid dienone is 4. The van der Waals surface area contributed by atoms with Gasteiger partial charge in [-0.1, -0.05) is 38.8 Å². The van der Waals surface area contributed by atoms with E-state index in [1.54, 1.807) is 12.2 Å². The van der Waals surface area contributed by atoms with E-state index in [4.69, 9.17) is 20.1 Å². The second-order valence-electron chi connectivity index (χ2n) is 12.1. The van der Waals surface area contributed by atoms with Crippen LogP contribution >= 0.6 is 0 Å². The summed E-state index contributed by atoms with van der Waals surface area (Å²) in [5.74, 6) is 3.99. The van der Waals surface area contributed by atoms with Gasteiger partial charge >= 0.3 is 6.09 Å². The molecule has 3 saturated carbocycles. The van der Waals surface area contributed by atoms with E-state index >= 15 is 0 Å². The summed E-state index contributed by atoms with van der Waals surface area (Å²) in [7, 11) is 0. The maximum Gasteiger partial charge on any atom is 0.408 e. The number of hydrogen-bond acceptors (Lipinski definition) is 9. The third-order valence-corrected chi connectivity index (χ3v) is 10.1. The topological polar surface area (TPSA) is 166 Å². The molecular formula is C28H39N3O8. The number of aliphatic hydroxyl groups excluding tert-OH is 1. The van der Waals surface area contributed by atoms with Crippen LogP contribution in [0.15, 0.2) is 23.8 Å². The van der Waals surface area contributed by atoms with Gasteiger partial charge in [0.2, 0.25) is 5.78 Å². The summed E-state index contributed by atoms with van der Waals surface area (Å²) in [4.78, 5) is 49.6. The number of aliphatic hydroxyl groups is 1. The summed E-state index contributed by atoms with van der Waals surface area (Å²) >= 11 is 0. The van der Waals surface area contributed by atoms with Crippen molar-refractivity contribution in [3.8, 4) is 0 Å². The van der Waals surface area contributed by atoms with Crippen LogP contribution in [0.2, 0.25) is 0 Å². The molecule has 0 radical (unpaired) electrons. The van der Waals surface area contributed by atoms with Crippen LogP contribution in [-0.4, -0.2) is 65.9 Å². The first-order valence-corrected chi connectivity index (χ1v) is 13.9. The predicted molar refractivity (Wildman–Crippen MR) is 137 cm³/mol. The first-order chi connectivity index (χ1) is 18.5. The van der Waals surface area contributed by atoms with Gasteiger partial charge in [0.05, 0.1) is 12.2 Å². The van der Waals surface area contributed by atoms with Crippen molar-refractivity contribution < 1.29 is 38.5 Å². The zero-order valence-corrected chi connectivity index (χ0v) is 22.7. The number of nitrogens with two attached hydrogens (primary N) is 1. The molecule has 1 heterocycles. The molecule has 0 spiro atoms. The lowest BCUT2D eigenvalue weighted by Crippen LogP contribution is -2.63. The molecule has 4 aliphatic carbocycles. The zero-order chi connectivity index (χ0) is 28.2. The molecule has 9 atom stereocenters. The molecule has 5 aliphatic rings. The molecule has 1 saturated heterocycles. The number of hydrazine groups is 1. The lowest BCUT2D eigenvalue weighted by molar-refractivity contribution is -0.200. The smallest absolute Gasteiger partial charge is 0.408 e. The first-order valence-electron chi connectivity index (χ1n) is 13.9. The van der Waals surface area contributed by atoms with Crippen molar-refractivity contribution in [2.24, 2.45) is 34.4 Å². The zero-order valence-electron chi connectivity index (χ0n) is 22.7. The number of ether oxygens (including phenoxy) is 3. The van der Waals surface area contributed by atoms with Crippen LogP contribution in [0.1, 0.15) is 59.3 Å². The molecule has 0 aromatic carbocycles. The van der Waals surface area contributed by atoms with E-state index in [2.05, 4.69) is 12.2 Å². The van der Waals surface area contributed by atoms with Crippen LogP contribution in [0.25, 0.3) is 0 Å². The number of rotatable bonds is 7. The molecular weight excluding hydrogens is 506 g/mol. The summed E-state index contributed by atoms with van der Waals surface area (Å²) in [6.45, 7) is 5.17. The third-order valence-electron chi connectivity index (χ3n) is 10.1. The molecule has 1 unspecified atom stereocenters. The normalized spacial score (nSPS) is 42.0. The number of carbonyl (C=O) groups excluding carboxylic acids is 4. The molecule has 2 amide bonds. The van der Waals surface area contributed by atoms with E-state index in [1.807, 2.05) is 25.3 Å². The number of alkyl carbamates (subject to hydrolysis) is 1. The lowest BCUT2D eigenvalue weighted by atomic mass is 9.46. The van der Waals surface area contributed by atoms with Crippen LogP contribution in [0.4, 0.5) is 4.79 Å². The minimum Gasteiger partial charge on any atom is -0.441 e. The van der Waals surface area contributed by atoms with E-state index in [0.29, 0.717) is 19.3 Å². The highest BCUT2D eigenvalue weighted by atomic mass is 16.7. The van der Waals surface area contributed by atoms with Gasteiger partial charge in [-0.15, -0.1) is 0 Å². The van der Waals surface area contributed by atoms with Gasteiger partial charge in [-0.05, 0) is 56.1 Å². The van der Waals surface area contributed by atoms with Crippen molar-refractivity contribution in [2.45, 2.75) is 83.4 Å². The number of Topliss-reactive ketones (excluding diaryl/α,β-unsaturated/α-hetero) is 1. The molecule has 1 aliphatic heterocycles. The summed E-state index contributed by atoms with van der Waals surface area (Å²) in [6.07, 6.45) is 6.37. The fourth-order valence-corrected chi connectivity index (χ4v) is 8.50. The van der Waals surface area contributed by atoms with Crippen molar-refractivity contribution in [1.82, 2.24) is 10.7 Å². The fourth-order valence-electron chi connectivity index (χ4n) is 8.50. The Balaban J connectivity index is 1.43. The van der Waals surface area contributed by atoms with Gasteiger partial charge in [-0.3, -0.25) is 19.8 Å². The minimum atomic E-state index is -1.38. The van der Waals surface area contributed by atoms with Gasteiger partial charge in [-0.2, -0.15) is 0 Å². The molecule has 4 fully saturated rings. The Hall–Kier alpha value is -2.60. The monoisotopic (exact) mass is 545 g/mol. The van der Waals surface area contributed by atoms with Gasteiger partial charge in [0.1, 0.15) is 6.54 Å². The number of fused-ring (bicyclic) bond motifs is 7. The Morgan fingerprint density at radius 2 is 2.05 bits per heavy atom. The van der Waals surface area contributed by atoms with Crippen LogP contribution in [0.3, 0.4) is 0 Å². The highest BCUT2D eigenvalue weighted by Crippen LogP contribution is 2.69. The maximum absolute atomic E-state index is 14.0. The van der Waals surface area contributed by atoms with Crippen molar-refractivity contribution in [1.29, 1.82) is 0 Å². The number of nitrogens with one attached hydrogen (secondary N) is 2. The van der Waals surface area contributed by atoms with Crippen molar-refractivity contribution in [3.63, 3.8) is 0 Å². The average Bonchev–Trinajstić information content (AvgIpc) is 3.38. The van der Waals surface area contributed by atoms with Gasteiger partial charge in [0.15, 0.2) is 24.3 Å². The van der Waals surface area contributed by atoms with Gasteiger partial charge in [0, 0.05) is 16.7 Å². The van der Waals surface area contributed by atoms with Crippen LogP contribution in [0.5, 0.6) is 0 Å². The Kier molecular flexibility index (Phi) is 7.24. The molecule has 214 valence electrons. The van der Waals surface area contributed by atoms with Crippen LogP contribution in [-0.2, 0) is 28.6 Å². The van der Waals surface area contributed by atoms with E-state index in [9.17, 15) is 24.3 Å². The summed E-state index contributed by atoms with van der Waals surface area (Å²) < 4.78 is 18.1. The van der Waals surface area contributed by atoms with E-state index < -0.39 is 59.3 Å². The van der Waals surface area contributed by atoms with Crippen LogP contribution in [0, 0.1) is 28.6 Å². The molecule has 0 bridgehead atoms. The number of carbonyl (C=O) groups is 4. The Morgan fingerprint density at radius 3 is 2.77 bits per heavy atom. The molecule has 11 nitrogen and oxygen atoms in total. The van der Waals surface area contributed by atoms with E-state index in [-0.39, 0.29) is 30.1 Å². The second-order valence-corrected chi connectivity index (χ2v) is 12.1. The summed E-state index contributed by atoms with van der Waals surface area (Å²) in [5.41, 5.74) is 0.380. The highest BCUT2D eigenvalue weighted by molar-refractivity contribution is 6.01. The van der Waals surface area contributed by atoms with E-state index in [1.165, 1.54) is 0 Å². The van der Waals surface area contributed by atoms with Crippen molar-refractivity contribution in [3.05, 3.63) is 23.8 Å². The third kappa shape index (κ3) is 4.25. The van der Waals surface area contributed by atoms with Crippen molar-refractivity contribution >= 4 is 23.6 Å². The average molecular weight is 546 g/mol. The molecule has 5 rings (SSSR count). The van der Waals surface area contributed by atoms with Crippen LogP contribution < -0.4 is 16.6 Å². The summed E-state index contributed by atoms with van der Waals surface area (Å²) in [5, 5.41) is 14.0. The van der Waals surface area contributed by atoms with Gasteiger partial charge in [-0.25, -0.2) is 10.6 Å². The Morgan fingerprint density at radius 1 is 1.28 bits per heavy atom. The number of amides is 2. The first kappa shape index (κ1) is 27.9.